The molecule has 0 saturated heterocycles. The highest BCUT2D eigenvalue weighted by Crippen LogP contribution is 2.42. The second-order valence-electron chi connectivity index (χ2n) is 10.7. The Morgan fingerprint density at radius 3 is 2.37 bits per heavy atom. The molecule has 1 aliphatic carbocycles. The number of nitrogens with one attached hydrogen (secondary N) is 1. The fraction of sp³-hybridized carbons (Fsp3) is 0.357. The van der Waals surface area contributed by atoms with Gasteiger partial charge in [-0.05, 0) is 69.2 Å². The number of pyridine rings is 1. The Labute approximate surface area is 244 Å². The number of halogens is 5. The number of nitrogen functional groups attached to an aromatic ring is 1. The lowest BCUT2D eigenvalue weighted by Crippen LogP contribution is -2.26. The molecule has 1 saturated carbocycles. The number of alkyl halides is 2. The number of aromatic nitrogens is 3. The van der Waals surface area contributed by atoms with Gasteiger partial charge in [0.05, 0.1) is 16.6 Å². The Hall–Kier alpha value is -3.98. The summed E-state index contributed by atoms with van der Waals surface area (Å²) < 4.78 is 104. The van der Waals surface area contributed by atoms with Crippen LogP contribution in [0.25, 0.3) is 22.2 Å². The molecule has 4 aromatic rings. The lowest BCUT2D eigenvalue weighted by molar-refractivity contribution is -0.0500. The molecule has 5 rings (SSSR count). The number of nitrogens with two attached hydrogens (primary N) is 2. The van der Waals surface area contributed by atoms with E-state index in [4.69, 9.17) is 11.5 Å². The molecule has 0 spiro atoms. The first-order valence-electron chi connectivity index (χ1n) is 13.5. The van der Waals surface area contributed by atoms with Crippen molar-refractivity contribution in [3.63, 3.8) is 0 Å². The maximum Gasteiger partial charge on any atom is 0.387 e. The van der Waals surface area contributed by atoms with Crippen molar-refractivity contribution in [2.24, 2.45) is 5.73 Å². The Balaban J connectivity index is 1.57. The molecular weight excluding hydrogens is 595 g/mol. The highest BCUT2D eigenvalue weighted by atomic mass is 32.2. The van der Waals surface area contributed by atoms with Crippen molar-refractivity contribution >= 4 is 32.4 Å². The van der Waals surface area contributed by atoms with Gasteiger partial charge < -0.3 is 16.2 Å². The predicted octanol–water partition coefficient (Wildman–Crippen LogP) is 6.07. The van der Waals surface area contributed by atoms with Crippen LogP contribution in [-0.2, 0) is 10.0 Å². The Morgan fingerprint density at radius 2 is 1.72 bits per heavy atom. The summed E-state index contributed by atoms with van der Waals surface area (Å²) in [7, 11) is -4.90. The van der Waals surface area contributed by atoms with Gasteiger partial charge in [-0.3, -0.25) is 9.40 Å². The Bertz CT molecular complexity index is 1790. The van der Waals surface area contributed by atoms with E-state index in [1.165, 1.54) is 0 Å². The maximum absolute atomic E-state index is 15.6. The molecule has 2 aromatic carbocycles. The molecule has 230 valence electrons. The lowest BCUT2D eigenvalue weighted by atomic mass is 9.82. The van der Waals surface area contributed by atoms with Gasteiger partial charge in [0.2, 0.25) is 0 Å². The van der Waals surface area contributed by atoms with Gasteiger partial charge in [0.25, 0.3) is 10.0 Å². The van der Waals surface area contributed by atoms with Crippen LogP contribution in [0.2, 0.25) is 0 Å². The molecule has 1 aliphatic rings. The summed E-state index contributed by atoms with van der Waals surface area (Å²) in [5, 5.41) is 4.92. The normalized spacial score (nSPS) is 17.6. The van der Waals surface area contributed by atoms with Crippen LogP contribution in [0.5, 0.6) is 5.75 Å². The van der Waals surface area contributed by atoms with E-state index in [0.29, 0.717) is 29.1 Å². The van der Waals surface area contributed by atoms with Gasteiger partial charge in [-0.15, -0.1) is 0 Å². The predicted molar refractivity (Wildman–Crippen MR) is 151 cm³/mol. The molecule has 0 bridgehead atoms. The topological polar surface area (TPSA) is 138 Å². The summed E-state index contributed by atoms with van der Waals surface area (Å²) in [6, 6.07) is 3.14. The summed E-state index contributed by atoms with van der Waals surface area (Å²) in [5.74, 6) is -4.07. The summed E-state index contributed by atoms with van der Waals surface area (Å²) in [6.07, 6.45) is 4.96. The number of anilines is 2. The van der Waals surface area contributed by atoms with Crippen LogP contribution in [0.1, 0.15) is 57.1 Å². The molecule has 0 unspecified atom stereocenters. The third-order valence-electron chi connectivity index (χ3n) is 7.46. The van der Waals surface area contributed by atoms with E-state index in [0.717, 1.165) is 43.4 Å². The number of nitrogens with zero attached hydrogens (tertiary/aromatic N) is 3. The van der Waals surface area contributed by atoms with Gasteiger partial charge in [-0.1, -0.05) is 0 Å². The van der Waals surface area contributed by atoms with Gasteiger partial charge in [0, 0.05) is 36.0 Å². The third kappa shape index (κ3) is 5.95. The number of rotatable bonds is 8. The van der Waals surface area contributed by atoms with Crippen LogP contribution in [0, 0.1) is 17.5 Å². The van der Waals surface area contributed by atoms with E-state index >= 15 is 8.78 Å². The molecule has 2 heterocycles. The Morgan fingerprint density at radius 1 is 1.02 bits per heavy atom. The number of ether oxygens (including phenoxy) is 1. The summed E-state index contributed by atoms with van der Waals surface area (Å²) >= 11 is 0. The van der Waals surface area contributed by atoms with E-state index in [1.54, 1.807) is 15.6 Å². The van der Waals surface area contributed by atoms with Gasteiger partial charge >= 0.3 is 6.61 Å². The first-order valence-corrected chi connectivity index (χ1v) is 14.9. The number of hydrogen-bond donors (Lipinski definition) is 3. The van der Waals surface area contributed by atoms with E-state index in [-0.39, 0.29) is 35.1 Å². The van der Waals surface area contributed by atoms with Crippen molar-refractivity contribution in [2.75, 3.05) is 10.5 Å². The molecule has 0 radical (unpaired) electrons. The standard InChI is InChI=1S/C28H29F5N6O3S/c1-13(2)39-26-18(14-3-5-15(34)6-4-14)12-36-27(35)24(26)25(37-39)17-10-21(31)22(11-20(17)30)38-43(40,41)23-9-16(42-28(32)33)7-8-19(23)29/h7-15,28,38H,3-6,34H2,1-2H3,(H2,35,36)/t14-,15-. The molecule has 2 aromatic heterocycles. The first-order chi connectivity index (χ1) is 20.3. The molecule has 0 aliphatic heterocycles. The minimum atomic E-state index is -4.90. The number of sulfonamides is 1. The smallest absolute Gasteiger partial charge is 0.387 e. The quantitative estimate of drug-likeness (QED) is 0.203. The highest BCUT2D eigenvalue weighted by Gasteiger charge is 2.29. The molecule has 5 N–H and O–H groups in total. The van der Waals surface area contributed by atoms with E-state index in [2.05, 4.69) is 14.8 Å². The molecule has 15 heteroatoms. The van der Waals surface area contributed by atoms with E-state index in [1.807, 2.05) is 13.8 Å². The van der Waals surface area contributed by atoms with Crippen molar-refractivity contribution in [3.8, 4) is 17.0 Å². The zero-order valence-electron chi connectivity index (χ0n) is 23.1. The summed E-state index contributed by atoms with van der Waals surface area (Å²) in [6.45, 7) is 0.454. The highest BCUT2D eigenvalue weighted by molar-refractivity contribution is 7.92. The van der Waals surface area contributed by atoms with Crippen LogP contribution in [0.4, 0.5) is 33.5 Å². The molecule has 1 fully saturated rings. The molecular formula is C28H29F5N6O3S. The minimum Gasteiger partial charge on any atom is -0.435 e. The number of benzene rings is 2. The van der Waals surface area contributed by atoms with Crippen molar-refractivity contribution in [3.05, 3.63) is 59.5 Å². The van der Waals surface area contributed by atoms with E-state index < -0.39 is 50.4 Å². The van der Waals surface area contributed by atoms with E-state index in [9.17, 15) is 21.6 Å². The third-order valence-corrected chi connectivity index (χ3v) is 8.84. The fourth-order valence-corrected chi connectivity index (χ4v) is 6.53. The molecule has 9 nitrogen and oxygen atoms in total. The van der Waals surface area contributed by atoms with Gasteiger partial charge in [0.15, 0.2) is 0 Å². The largest absolute Gasteiger partial charge is 0.435 e. The van der Waals surface area contributed by atoms with Crippen molar-refractivity contribution in [2.45, 2.75) is 69.0 Å². The number of hydrogen-bond acceptors (Lipinski definition) is 7. The zero-order valence-corrected chi connectivity index (χ0v) is 23.9. The second kappa shape index (κ2) is 11.6. The van der Waals surface area contributed by atoms with Crippen LogP contribution in [0.15, 0.2) is 41.4 Å². The molecule has 0 atom stereocenters. The molecule has 0 amide bonds. The van der Waals surface area contributed by atoms with Crippen molar-refractivity contribution in [1.29, 1.82) is 0 Å². The van der Waals surface area contributed by atoms with Crippen molar-refractivity contribution < 1.29 is 35.1 Å². The fourth-order valence-electron chi connectivity index (χ4n) is 5.38. The van der Waals surface area contributed by atoms with Crippen LogP contribution >= 0.6 is 0 Å². The van der Waals surface area contributed by atoms with Crippen LogP contribution in [-0.4, -0.2) is 35.8 Å². The van der Waals surface area contributed by atoms with Gasteiger partial charge in [0.1, 0.15) is 39.6 Å². The van der Waals surface area contributed by atoms with Crippen molar-refractivity contribution in [1.82, 2.24) is 14.8 Å². The van der Waals surface area contributed by atoms with Crippen LogP contribution in [0.3, 0.4) is 0 Å². The zero-order chi connectivity index (χ0) is 31.2. The Kier molecular flexibility index (Phi) is 8.22. The van der Waals surface area contributed by atoms with Gasteiger partial charge in [-0.2, -0.15) is 13.9 Å². The lowest BCUT2D eigenvalue weighted by Gasteiger charge is -2.27. The summed E-state index contributed by atoms with van der Waals surface area (Å²) in [4.78, 5) is 3.23. The molecule has 43 heavy (non-hydrogen) atoms. The average Bonchev–Trinajstić information content (AvgIpc) is 3.34. The second-order valence-corrected chi connectivity index (χ2v) is 12.4. The first kappa shape index (κ1) is 30.5. The minimum absolute atomic E-state index is 0.0109. The SMILES string of the molecule is CC(C)n1nc(-c2cc(F)c(NS(=O)(=O)c3cc(OC(F)F)ccc3F)cc2F)c2c(N)ncc([C@H]3CC[C@H](N)CC3)c21. The van der Waals surface area contributed by atoms with Gasteiger partial charge in [-0.25, -0.2) is 26.6 Å². The monoisotopic (exact) mass is 624 g/mol. The van der Waals surface area contributed by atoms with Crippen LogP contribution < -0.4 is 20.9 Å². The maximum atomic E-state index is 15.6. The summed E-state index contributed by atoms with van der Waals surface area (Å²) in [5.41, 5.74) is 12.7. The number of fused-ring (bicyclic) bond motifs is 1. The average molecular weight is 625 g/mol.